The van der Waals surface area contributed by atoms with Crippen molar-refractivity contribution < 1.29 is 27.1 Å². The first-order chi connectivity index (χ1) is 16.6. The molecule has 4 rings (SSSR count). The molecule has 4 aromatic rings. The van der Waals surface area contributed by atoms with E-state index in [-0.39, 0.29) is 29.0 Å². The molecule has 0 atom stereocenters. The van der Waals surface area contributed by atoms with E-state index < -0.39 is 17.6 Å². The largest absolute Gasteiger partial charge is 0.439 e. The summed E-state index contributed by atoms with van der Waals surface area (Å²) in [5.41, 5.74) is 0.237. The number of hydrogen-bond acceptors (Lipinski definition) is 5. The van der Waals surface area contributed by atoms with Crippen LogP contribution in [0.5, 0.6) is 11.6 Å². The monoisotopic (exact) mass is 485 g/mol. The molecule has 35 heavy (non-hydrogen) atoms. The van der Waals surface area contributed by atoms with E-state index >= 15 is 0 Å². The van der Waals surface area contributed by atoms with Gasteiger partial charge in [-0.15, -0.1) is 0 Å². The molecule has 0 spiro atoms. The van der Waals surface area contributed by atoms with Crippen LogP contribution in [0.25, 0.3) is 5.82 Å². The van der Waals surface area contributed by atoms with Gasteiger partial charge in [-0.3, -0.25) is 4.79 Å². The molecule has 0 radical (unpaired) electrons. The summed E-state index contributed by atoms with van der Waals surface area (Å²) >= 11 is 0. The van der Waals surface area contributed by atoms with E-state index in [0.29, 0.717) is 17.1 Å². The number of nitrogens with zero attached hydrogens (tertiary/aromatic N) is 4. The second-order valence-electron chi connectivity index (χ2n) is 7.81. The molecule has 0 bridgehead atoms. The second-order valence-corrected chi connectivity index (χ2v) is 7.81. The van der Waals surface area contributed by atoms with Crippen LogP contribution in [0, 0.1) is 5.82 Å². The zero-order chi connectivity index (χ0) is 25.2. The first-order valence-electron chi connectivity index (χ1n) is 10.4. The van der Waals surface area contributed by atoms with Gasteiger partial charge < -0.3 is 10.1 Å². The van der Waals surface area contributed by atoms with Gasteiger partial charge in [-0.25, -0.2) is 19.0 Å². The van der Waals surface area contributed by atoms with E-state index in [0.717, 1.165) is 12.3 Å². The van der Waals surface area contributed by atoms with Crippen LogP contribution < -0.4 is 10.1 Å². The number of aromatic nitrogens is 4. The predicted molar refractivity (Wildman–Crippen MR) is 119 cm³/mol. The fraction of sp³-hybridized carbons (Fsp3) is 0.167. The molecule has 1 N–H and O–H groups in total. The maximum absolute atomic E-state index is 13.0. The molecule has 3 heterocycles. The van der Waals surface area contributed by atoms with Crippen molar-refractivity contribution >= 4 is 11.6 Å². The SMILES string of the molecule is CC(C)c1c(C(=O)Nc2ccc(Oc3ccc(F)cc3)nc2)cnn1-c1ccc(C(F)(F)F)cn1. The van der Waals surface area contributed by atoms with Gasteiger partial charge >= 0.3 is 6.18 Å². The van der Waals surface area contributed by atoms with Crippen LogP contribution >= 0.6 is 0 Å². The van der Waals surface area contributed by atoms with E-state index in [1.54, 1.807) is 6.07 Å². The van der Waals surface area contributed by atoms with Crippen LogP contribution in [0.1, 0.15) is 41.4 Å². The van der Waals surface area contributed by atoms with Gasteiger partial charge in [0.15, 0.2) is 5.82 Å². The summed E-state index contributed by atoms with van der Waals surface area (Å²) < 4.78 is 58.4. The van der Waals surface area contributed by atoms with Crippen LogP contribution in [0.3, 0.4) is 0 Å². The predicted octanol–water partition coefficient (Wildman–Crippen LogP) is 5.99. The van der Waals surface area contributed by atoms with E-state index in [1.807, 2.05) is 13.8 Å². The van der Waals surface area contributed by atoms with Crippen LogP contribution in [-0.4, -0.2) is 25.7 Å². The van der Waals surface area contributed by atoms with Crippen molar-refractivity contribution in [1.29, 1.82) is 0 Å². The molecule has 0 fully saturated rings. The Bertz CT molecular complexity index is 1320. The highest BCUT2D eigenvalue weighted by atomic mass is 19.4. The number of ether oxygens (including phenoxy) is 1. The topological polar surface area (TPSA) is 81.9 Å². The summed E-state index contributed by atoms with van der Waals surface area (Å²) in [5.74, 6) is -0.237. The number of carbonyl (C=O) groups excluding carboxylic acids is 1. The average molecular weight is 485 g/mol. The standard InChI is InChI=1S/C24H19F4N5O2/c1-14(2)22-19(13-31-33(22)20-9-3-15(11-29-20)24(26,27)28)23(34)32-17-6-10-21(30-12-17)35-18-7-4-16(25)5-8-18/h3-14H,1-2H3,(H,32,34). The van der Waals surface area contributed by atoms with Crippen LogP contribution in [-0.2, 0) is 6.18 Å². The Balaban J connectivity index is 1.51. The number of carbonyl (C=O) groups is 1. The summed E-state index contributed by atoms with van der Waals surface area (Å²) in [6.07, 6.45) is -1.05. The van der Waals surface area contributed by atoms with E-state index in [9.17, 15) is 22.4 Å². The molecular weight excluding hydrogens is 466 g/mol. The molecule has 0 aliphatic carbocycles. The fourth-order valence-corrected chi connectivity index (χ4v) is 3.29. The van der Waals surface area contributed by atoms with Crippen molar-refractivity contribution in [2.24, 2.45) is 0 Å². The highest BCUT2D eigenvalue weighted by molar-refractivity contribution is 6.05. The molecule has 0 saturated carbocycles. The minimum atomic E-state index is -4.50. The van der Waals surface area contributed by atoms with Gasteiger partial charge in [-0.2, -0.15) is 18.3 Å². The van der Waals surface area contributed by atoms with Crippen molar-refractivity contribution in [3.8, 4) is 17.4 Å². The van der Waals surface area contributed by atoms with Crippen molar-refractivity contribution in [1.82, 2.24) is 19.7 Å². The van der Waals surface area contributed by atoms with Crippen molar-refractivity contribution in [2.45, 2.75) is 25.9 Å². The number of pyridine rings is 2. The summed E-state index contributed by atoms with van der Waals surface area (Å²) in [4.78, 5) is 20.9. The molecule has 0 aliphatic rings. The molecule has 180 valence electrons. The molecule has 7 nitrogen and oxygen atoms in total. The Morgan fingerprint density at radius 1 is 0.971 bits per heavy atom. The number of amides is 1. The van der Waals surface area contributed by atoms with Gasteiger partial charge in [0.05, 0.1) is 34.9 Å². The van der Waals surface area contributed by atoms with Gasteiger partial charge in [0.2, 0.25) is 5.88 Å². The normalized spacial score (nSPS) is 11.5. The third-order valence-corrected chi connectivity index (χ3v) is 4.92. The lowest BCUT2D eigenvalue weighted by Crippen LogP contribution is -2.16. The molecule has 0 saturated heterocycles. The van der Waals surface area contributed by atoms with Crippen molar-refractivity contribution in [3.05, 3.63) is 89.8 Å². The Labute approximate surface area is 197 Å². The number of rotatable bonds is 6. The molecule has 3 aromatic heterocycles. The summed E-state index contributed by atoms with van der Waals surface area (Å²) in [5, 5.41) is 6.90. The number of hydrogen-bond donors (Lipinski definition) is 1. The minimum absolute atomic E-state index is 0.157. The number of alkyl halides is 3. The maximum atomic E-state index is 13.0. The van der Waals surface area contributed by atoms with Crippen LogP contribution in [0.15, 0.2) is 67.1 Å². The van der Waals surface area contributed by atoms with Gasteiger partial charge in [0.25, 0.3) is 5.91 Å². The quantitative estimate of drug-likeness (QED) is 0.340. The summed E-state index contributed by atoms with van der Waals surface area (Å²) in [7, 11) is 0. The van der Waals surface area contributed by atoms with Gasteiger partial charge in [-0.05, 0) is 48.4 Å². The Hall–Kier alpha value is -4.28. The third kappa shape index (κ3) is 5.45. The van der Waals surface area contributed by atoms with Gasteiger partial charge in [0.1, 0.15) is 11.6 Å². The zero-order valence-electron chi connectivity index (χ0n) is 18.5. The molecular formula is C24H19F4N5O2. The van der Waals surface area contributed by atoms with E-state index in [1.165, 1.54) is 53.5 Å². The number of benzene rings is 1. The van der Waals surface area contributed by atoms with Crippen molar-refractivity contribution in [3.63, 3.8) is 0 Å². The number of anilines is 1. The smallest absolute Gasteiger partial charge is 0.417 e. The third-order valence-electron chi connectivity index (χ3n) is 4.92. The number of nitrogens with one attached hydrogen (secondary N) is 1. The second kappa shape index (κ2) is 9.53. The van der Waals surface area contributed by atoms with Gasteiger partial charge in [0, 0.05) is 12.3 Å². The first kappa shape index (κ1) is 23.9. The van der Waals surface area contributed by atoms with Crippen molar-refractivity contribution in [2.75, 3.05) is 5.32 Å². The van der Waals surface area contributed by atoms with Gasteiger partial charge in [-0.1, -0.05) is 13.8 Å². The average Bonchev–Trinajstić information content (AvgIpc) is 3.27. The summed E-state index contributed by atoms with van der Waals surface area (Å²) in [6, 6.07) is 10.7. The fourth-order valence-electron chi connectivity index (χ4n) is 3.29. The summed E-state index contributed by atoms with van der Waals surface area (Å²) in [6.45, 7) is 3.66. The van der Waals surface area contributed by atoms with Crippen LogP contribution in [0.2, 0.25) is 0 Å². The zero-order valence-corrected chi connectivity index (χ0v) is 18.5. The lowest BCUT2D eigenvalue weighted by molar-refractivity contribution is -0.137. The highest BCUT2D eigenvalue weighted by Gasteiger charge is 2.31. The highest BCUT2D eigenvalue weighted by Crippen LogP contribution is 2.30. The Morgan fingerprint density at radius 2 is 1.71 bits per heavy atom. The van der Waals surface area contributed by atoms with E-state index in [2.05, 4.69) is 20.4 Å². The Kier molecular flexibility index (Phi) is 6.50. The minimum Gasteiger partial charge on any atom is -0.439 e. The molecule has 1 aromatic carbocycles. The Morgan fingerprint density at radius 3 is 2.29 bits per heavy atom. The van der Waals surface area contributed by atoms with E-state index in [4.69, 9.17) is 4.74 Å². The molecule has 0 aliphatic heterocycles. The lowest BCUT2D eigenvalue weighted by Gasteiger charge is -2.13. The lowest BCUT2D eigenvalue weighted by atomic mass is 10.1. The molecule has 1 amide bonds. The molecule has 11 heteroatoms. The number of halogens is 4. The first-order valence-corrected chi connectivity index (χ1v) is 10.4. The van der Waals surface area contributed by atoms with Crippen LogP contribution in [0.4, 0.5) is 23.2 Å². The molecule has 0 unspecified atom stereocenters. The maximum Gasteiger partial charge on any atom is 0.417 e.